The smallest absolute Gasteiger partial charge is 0.173 e. The molecule has 0 saturated heterocycles. The fraction of sp³-hybridized carbons (Fsp3) is 0.435. The van der Waals surface area contributed by atoms with Crippen LogP contribution in [0.3, 0.4) is 0 Å². The van der Waals surface area contributed by atoms with Crippen LogP contribution in [-0.4, -0.2) is 45.9 Å². The summed E-state index contributed by atoms with van der Waals surface area (Å²) < 4.78 is 13.1. The van der Waals surface area contributed by atoms with Crippen molar-refractivity contribution in [2.75, 3.05) is 20.8 Å². The summed E-state index contributed by atoms with van der Waals surface area (Å²) in [6, 6.07) is 14.4. The first-order valence-corrected chi connectivity index (χ1v) is 10.2. The van der Waals surface area contributed by atoms with Gasteiger partial charge in [0.25, 0.3) is 0 Å². The fourth-order valence-electron chi connectivity index (χ4n) is 4.12. The second-order valence-corrected chi connectivity index (χ2v) is 8.62. The molecule has 0 radical (unpaired) electrons. The van der Waals surface area contributed by atoms with Gasteiger partial charge in [-0.3, -0.25) is 4.90 Å². The van der Waals surface area contributed by atoms with Crippen LogP contribution in [0.5, 0.6) is 11.5 Å². The lowest BCUT2D eigenvalue weighted by atomic mass is 9.95. The number of benzene rings is 2. The minimum absolute atomic E-state index is 0.145. The molecule has 0 spiro atoms. The van der Waals surface area contributed by atoms with E-state index in [1.807, 2.05) is 16.8 Å². The summed E-state index contributed by atoms with van der Waals surface area (Å²) in [5.41, 5.74) is 3.53. The van der Waals surface area contributed by atoms with Crippen molar-refractivity contribution in [1.29, 1.82) is 0 Å². The molecule has 0 saturated carbocycles. The lowest BCUT2D eigenvalue weighted by Crippen LogP contribution is -2.38. The molecule has 0 N–H and O–H groups in total. The van der Waals surface area contributed by atoms with Crippen LogP contribution < -0.4 is 9.47 Å². The normalized spacial score (nSPS) is 15.5. The van der Waals surface area contributed by atoms with Crippen molar-refractivity contribution in [2.45, 2.75) is 45.3 Å². The molecule has 7 heteroatoms. The third-order valence-electron chi connectivity index (χ3n) is 5.63. The molecule has 158 valence electrons. The predicted molar refractivity (Wildman–Crippen MR) is 115 cm³/mol. The molecule has 1 unspecified atom stereocenters. The summed E-state index contributed by atoms with van der Waals surface area (Å²) in [6.07, 6.45) is 0.988. The van der Waals surface area contributed by atoms with E-state index in [0.29, 0.717) is 0 Å². The fourth-order valence-corrected chi connectivity index (χ4v) is 4.12. The number of methoxy groups -OCH3 is 2. The topological polar surface area (TPSA) is 65.3 Å². The summed E-state index contributed by atoms with van der Waals surface area (Å²) >= 11 is 0. The van der Waals surface area contributed by atoms with Gasteiger partial charge in [0.1, 0.15) is 17.5 Å². The minimum Gasteiger partial charge on any atom is -0.497 e. The Bertz CT molecular complexity index is 1020. The minimum atomic E-state index is -0.246. The standard InChI is InChI=1S/C23H29N5O2/c1-23(2,3)28-22(24-25-26-28)21(19-11-10-18(29-4)14-20(19)30-5)27-13-12-16-8-6-7-9-17(16)15-27/h6-11,14,21H,12-13,15H2,1-5H3. The Morgan fingerprint density at radius 2 is 1.77 bits per heavy atom. The van der Waals surface area contributed by atoms with Gasteiger partial charge in [-0.05, 0) is 60.9 Å². The maximum Gasteiger partial charge on any atom is 0.173 e. The van der Waals surface area contributed by atoms with Gasteiger partial charge >= 0.3 is 0 Å². The molecule has 1 atom stereocenters. The van der Waals surface area contributed by atoms with Gasteiger partial charge in [-0.15, -0.1) is 5.10 Å². The molecular weight excluding hydrogens is 378 g/mol. The van der Waals surface area contributed by atoms with Crippen molar-refractivity contribution < 1.29 is 9.47 Å². The van der Waals surface area contributed by atoms with E-state index in [2.05, 4.69) is 71.5 Å². The number of hydrogen-bond acceptors (Lipinski definition) is 6. The number of aromatic nitrogens is 4. The summed E-state index contributed by atoms with van der Waals surface area (Å²) in [5.74, 6) is 2.33. The summed E-state index contributed by atoms with van der Waals surface area (Å²) in [4.78, 5) is 2.43. The van der Waals surface area contributed by atoms with Crippen molar-refractivity contribution in [3.8, 4) is 11.5 Å². The van der Waals surface area contributed by atoms with Gasteiger partial charge in [-0.25, -0.2) is 4.68 Å². The highest BCUT2D eigenvalue weighted by atomic mass is 16.5. The molecule has 0 bridgehead atoms. The van der Waals surface area contributed by atoms with Crippen molar-refractivity contribution in [3.63, 3.8) is 0 Å². The Morgan fingerprint density at radius 1 is 1.00 bits per heavy atom. The van der Waals surface area contributed by atoms with E-state index in [1.165, 1.54) is 11.1 Å². The Kier molecular flexibility index (Phi) is 5.47. The highest BCUT2D eigenvalue weighted by Crippen LogP contribution is 2.39. The van der Waals surface area contributed by atoms with Gasteiger partial charge in [-0.2, -0.15) is 0 Å². The first-order valence-electron chi connectivity index (χ1n) is 10.2. The van der Waals surface area contributed by atoms with Gasteiger partial charge < -0.3 is 9.47 Å². The van der Waals surface area contributed by atoms with Crippen molar-refractivity contribution in [3.05, 3.63) is 65.0 Å². The highest BCUT2D eigenvalue weighted by Gasteiger charge is 2.34. The molecule has 30 heavy (non-hydrogen) atoms. The van der Waals surface area contributed by atoms with Crippen LogP contribution in [0.1, 0.15) is 49.3 Å². The zero-order valence-electron chi connectivity index (χ0n) is 18.3. The Labute approximate surface area is 177 Å². The van der Waals surface area contributed by atoms with Gasteiger partial charge in [0.05, 0.1) is 19.8 Å². The van der Waals surface area contributed by atoms with Crippen LogP contribution in [0.15, 0.2) is 42.5 Å². The van der Waals surface area contributed by atoms with E-state index in [9.17, 15) is 0 Å². The maximum atomic E-state index is 5.77. The average molecular weight is 408 g/mol. The Hall–Kier alpha value is -2.93. The first kappa shape index (κ1) is 20.3. The predicted octanol–water partition coefficient (Wildman–Crippen LogP) is 3.59. The molecule has 1 aromatic heterocycles. The van der Waals surface area contributed by atoms with Crippen LogP contribution >= 0.6 is 0 Å². The van der Waals surface area contributed by atoms with E-state index in [-0.39, 0.29) is 11.6 Å². The monoisotopic (exact) mass is 407 g/mol. The van der Waals surface area contributed by atoms with Crippen LogP contribution in [0.25, 0.3) is 0 Å². The SMILES string of the molecule is COc1ccc(C(c2nnnn2C(C)(C)C)N2CCc3ccccc3C2)c(OC)c1. The molecule has 0 aliphatic carbocycles. The number of rotatable bonds is 5. The third kappa shape index (κ3) is 3.77. The molecule has 2 aromatic carbocycles. The molecular formula is C23H29N5O2. The summed E-state index contributed by atoms with van der Waals surface area (Å²) in [5, 5.41) is 12.8. The number of fused-ring (bicyclic) bond motifs is 1. The third-order valence-corrected chi connectivity index (χ3v) is 5.63. The van der Waals surface area contributed by atoms with E-state index < -0.39 is 0 Å². The van der Waals surface area contributed by atoms with Crippen molar-refractivity contribution >= 4 is 0 Å². The van der Waals surface area contributed by atoms with Crippen LogP contribution in [-0.2, 0) is 18.5 Å². The molecule has 4 rings (SSSR count). The molecule has 1 aliphatic rings. The first-order chi connectivity index (χ1) is 14.4. The zero-order valence-corrected chi connectivity index (χ0v) is 18.3. The summed E-state index contributed by atoms with van der Waals surface area (Å²) in [7, 11) is 3.35. The quantitative estimate of drug-likeness (QED) is 0.644. The lowest BCUT2D eigenvalue weighted by molar-refractivity contribution is 0.182. The largest absolute Gasteiger partial charge is 0.497 e. The van der Waals surface area contributed by atoms with Crippen LogP contribution in [0, 0.1) is 0 Å². The molecule has 7 nitrogen and oxygen atoms in total. The lowest BCUT2D eigenvalue weighted by Gasteiger charge is -2.36. The number of ether oxygens (including phenoxy) is 2. The Morgan fingerprint density at radius 3 is 2.47 bits per heavy atom. The number of hydrogen-bond donors (Lipinski definition) is 0. The molecule has 0 fully saturated rings. The van der Waals surface area contributed by atoms with Crippen molar-refractivity contribution in [1.82, 2.24) is 25.1 Å². The zero-order chi connectivity index (χ0) is 21.3. The van der Waals surface area contributed by atoms with E-state index in [1.54, 1.807) is 14.2 Å². The highest BCUT2D eigenvalue weighted by molar-refractivity contribution is 5.45. The second kappa shape index (κ2) is 8.07. The van der Waals surface area contributed by atoms with E-state index in [0.717, 1.165) is 42.4 Å². The van der Waals surface area contributed by atoms with Crippen LogP contribution in [0.4, 0.5) is 0 Å². The van der Waals surface area contributed by atoms with Crippen molar-refractivity contribution in [2.24, 2.45) is 0 Å². The van der Waals surface area contributed by atoms with Gasteiger partial charge in [0, 0.05) is 24.7 Å². The molecule has 3 aromatic rings. The van der Waals surface area contributed by atoms with E-state index in [4.69, 9.17) is 9.47 Å². The van der Waals surface area contributed by atoms with Crippen LogP contribution in [0.2, 0.25) is 0 Å². The maximum absolute atomic E-state index is 5.77. The second-order valence-electron chi connectivity index (χ2n) is 8.62. The molecule has 0 amide bonds. The van der Waals surface area contributed by atoms with Gasteiger partial charge in [0.15, 0.2) is 5.82 Å². The number of tetrazole rings is 1. The van der Waals surface area contributed by atoms with Gasteiger partial charge in [-0.1, -0.05) is 24.3 Å². The molecule has 2 heterocycles. The molecule has 1 aliphatic heterocycles. The average Bonchev–Trinajstić information content (AvgIpc) is 3.24. The van der Waals surface area contributed by atoms with Gasteiger partial charge in [0.2, 0.25) is 0 Å². The Balaban J connectivity index is 1.84. The number of nitrogens with zero attached hydrogens (tertiary/aromatic N) is 5. The summed E-state index contributed by atoms with van der Waals surface area (Å²) in [6.45, 7) is 8.07. The van der Waals surface area contributed by atoms with E-state index >= 15 is 0 Å².